The normalized spacial score (nSPS) is 10.2. The number of ether oxygens (including phenoxy) is 2. The lowest BCUT2D eigenvalue weighted by molar-refractivity contribution is -0.384. The minimum absolute atomic E-state index is 0.00938. The van der Waals surface area contributed by atoms with E-state index >= 15 is 0 Å². The number of non-ortho nitro benzene ring substituents is 1. The van der Waals surface area contributed by atoms with Crippen molar-refractivity contribution < 1.29 is 19.2 Å². The molecule has 8 nitrogen and oxygen atoms in total. The second-order valence-electron chi connectivity index (χ2n) is 5.37. The highest BCUT2D eigenvalue weighted by atomic mass is 35.5. The lowest BCUT2D eigenvalue weighted by Gasteiger charge is -2.13. The molecule has 0 heterocycles. The maximum atomic E-state index is 12.5. The van der Waals surface area contributed by atoms with Crippen molar-refractivity contribution in [2.24, 2.45) is 0 Å². The minimum atomic E-state index is -0.557. The summed E-state index contributed by atoms with van der Waals surface area (Å²) < 4.78 is 10.8. The molecular weight excluding hydrogens is 406 g/mol. The Kier molecular flexibility index (Phi) is 8.12. The summed E-state index contributed by atoms with van der Waals surface area (Å²) in [6.45, 7) is 3.17. The zero-order chi connectivity index (χ0) is 20.5. The predicted molar refractivity (Wildman–Crippen MR) is 110 cm³/mol. The maximum Gasteiger partial charge on any atom is 0.271 e. The Hall–Kier alpha value is -2.75. The molecule has 2 N–H and O–H groups in total. The van der Waals surface area contributed by atoms with Crippen LogP contribution in [-0.2, 0) is 4.74 Å². The summed E-state index contributed by atoms with van der Waals surface area (Å²) in [6.07, 6.45) is 0. The van der Waals surface area contributed by atoms with E-state index in [9.17, 15) is 14.9 Å². The highest BCUT2D eigenvalue weighted by molar-refractivity contribution is 7.80. The first-order chi connectivity index (χ1) is 13.4. The molecule has 10 heteroatoms. The van der Waals surface area contributed by atoms with E-state index in [1.165, 1.54) is 18.2 Å². The third-order valence-corrected chi connectivity index (χ3v) is 3.98. The summed E-state index contributed by atoms with van der Waals surface area (Å²) in [5.41, 5.74) is 0.486. The van der Waals surface area contributed by atoms with Gasteiger partial charge in [-0.1, -0.05) is 23.7 Å². The number of nitrogens with one attached hydrogen (secondary N) is 2. The predicted octanol–water partition coefficient (Wildman–Crippen LogP) is 3.79. The van der Waals surface area contributed by atoms with Crippen molar-refractivity contribution in [3.63, 3.8) is 0 Å². The van der Waals surface area contributed by atoms with E-state index in [-0.39, 0.29) is 15.8 Å². The third kappa shape index (κ3) is 6.15. The van der Waals surface area contributed by atoms with Crippen molar-refractivity contribution in [3.05, 3.63) is 63.2 Å². The summed E-state index contributed by atoms with van der Waals surface area (Å²) in [4.78, 5) is 22.7. The largest absolute Gasteiger partial charge is 0.490 e. The van der Waals surface area contributed by atoms with Crippen LogP contribution in [0.15, 0.2) is 42.5 Å². The van der Waals surface area contributed by atoms with Crippen molar-refractivity contribution in [1.29, 1.82) is 0 Å². The van der Waals surface area contributed by atoms with Gasteiger partial charge in [0.2, 0.25) is 0 Å². The molecule has 0 fully saturated rings. The number of nitro groups is 1. The first-order valence-electron chi connectivity index (χ1n) is 8.28. The van der Waals surface area contributed by atoms with Gasteiger partial charge in [-0.25, -0.2) is 0 Å². The quantitative estimate of drug-likeness (QED) is 0.288. The van der Waals surface area contributed by atoms with Crippen LogP contribution in [0.1, 0.15) is 17.3 Å². The molecule has 0 aromatic heterocycles. The van der Waals surface area contributed by atoms with Gasteiger partial charge in [0.1, 0.15) is 12.4 Å². The van der Waals surface area contributed by atoms with E-state index in [4.69, 9.17) is 33.3 Å². The number of para-hydroxylation sites is 1. The number of hydrogen-bond acceptors (Lipinski definition) is 6. The van der Waals surface area contributed by atoms with E-state index < -0.39 is 10.8 Å². The Labute approximate surface area is 171 Å². The summed E-state index contributed by atoms with van der Waals surface area (Å²) >= 11 is 11.1. The third-order valence-electron chi connectivity index (χ3n) is 3.46. The van der Waals surface area contributed by atoms with Crippen LogP contribution in [0.2, 0.25) is 5.02 Å². The number of benzene rings is 2. The van der Waals surface area contributed by atoms with Gasteiger partial charge in [0.25, 0.3) is 11.6 Å². The summed E-state index contributed by atoms with van der Waals surface area (Å²) in [5, 5.41) is 16.1. The van der Waals surface area contributed by atoms with Crippen molar-refractivity contribution in [2.75, 3.05) is 25.1 Å². The molecule has 28 heavy (non-hydrogen) atoms. The molecule has 2 aromatic carbocycles. The maximum absolute atomic E-state index is 12.5. The van der Waals surface area contributed by atoms with Gasteiger partial charge in [0.05, 0.1) is 27.8 Å². The molecule has 2 rings (SSSR count). The number of carbonyl (C=O) groups excluding carboxylic acids is 1. The van der Waals surface area contributed by atoms with E-state index in [1.54, 1.807) is 24.3 Å². The zero-order valence-electron chi connectivity index (χ0n) is 14.9. The van der Waals surface area contributed by atoms with Crippen LogP contribution in [0.3, 0.4) is 0 Å². The summed E-state index contributed by atoms with van der Waals surface area (Å²) in [7, 11) is 0. The zero-order valence-corrected chi connectivity index (χ0v) is 16.5. The van der Waals surface area contributed by atoms with E-state index in [1.807, 2.05) is 6.92 Å². The van der Waals surface area contributed by atoms with Crippen LogP contribution in [-0.4, -0.2) is 35.8 Å². The van der Waals surface area contributed by atoms with E-state index in [2.05, 4.69) is 10.6 Å². The molecule has 1 amide bonds. The highest BCUT2D eigenvalue weighted by Gasteiger charge is 2.15. The molecule has 0 aliphatic rings. The monoisotopic (exact) mass is 423 g/mol. The number of amides is 1. The van der Waals surface area contributed by atoms with Crippen LogP contribution in [0.25, 0.3) is 0 Å². The smallest absolute Gasteiger partial charge is 0.271 e. The van der Waals surface area contributed by atoms with Crippen LogP contribution in [0.5, 0.6) is 5.75 Å². The van der Waals surface area contributed by atoms with Gasteiger partial charge < -0.3 is 14.8 Å². The standard InChI is InChI=1S/C18H18ClN3O5S/c1-2-26-9-10-27-16-6-4-3-5-13(16)17(23)21-18(28)20-15-8-7-12(22(24)25)11-14(15)19/h3-8,11H,2,9-10H2,1H3,(H2,20,21,23,28). The Bertz CT molecular complexity index is 878. The molecule has 0 atom stereocenters. The number of hydrogen-bond donors (Lipinski definition) is 2. The van der Waals surface area contributed by atoms with Gasteiger partial charge in [0.15, 0.2) is 5.11 Å². The molecule has 2 aromatic rings. The average molecular weight is 424 g/mol. The minimum Gasteiger partial charge on any atom is -0.490 e. The van der Waals surface area contributed by atoms with Gasteiger partial charge in [0, 0.05) is 18.7 Å². The Balaban J connectivity index is 2.01. The van der Waals surface area contributed by atoms with E-state index in [0.29, 0.717) is 36.8 Å². The van der Waals surface area contributed by atoms with Crippen LogP contribution >= 0.6 is 23.8 Å². The number of thiocarbonyl (C=S) groups is 1. The molecule has 0 saturated heterocycles. The van der Waals surface area contributed by atoms with Crippen molar-refractivity contribution in [1.82, 2.24) is 5.32 Å². The first-order valence-corrected chi connectivity index (χ1v) is 9.06. The lowest BCUT2D eigenvalue weighted by atomic mass is 10.2. The number of carbonyl (C=O) groups is 1. The molecule has 0 aliphatic heterocycles. The van der Waals surface area contributed by atoms with Gasteiger partial charge in [-0.3, -0.25) is 20.2 Å². The molecule has 148 valence electrons. The molecule has 0 saturated carbocycles. The number of nitro benzene ring substituents is 1. The first kappa shape index (κ1) is 21.5. The molecule has 0 bridgehead atoms. The van der Waals surface area contributed by atoms with Crippen LogP contribution in [0.4, 0.5) is 11.4 Å². The fraction of sp³-hybridized carbons (Fsp3) is 0.222. The summed E-state index contributed by atoms with van der Waals surface area (Å²) in [6, 6.07) is 10.6. The van der Waals surface area contributed by atoms with Gasteiger partial charge in [-0.2, -0.15) is 0 Å². The van der Waals surface area contributed by atoms with Crippen molar-refractivity contribution in [3.8, 4) is 5.75 Å². The molecule has 0 aliphatic carbocycles. The number of halogens is 1. The second-order valence-corrected chi connectivity index (χ2v) is 6.19. The average Bonchev–Trinajstić information content (AvgIpc) is 2.67. The molecule has 0 unspecified atom stereocenters. The topological polar surface area (TPSA) is 103 Å². The van der Waals surface area contributed by atoms with Gasteiger partial charge in [-0.05, 0) is 37.3 Å². The van der Waals surface area contributed by atoms with E-state index in [0.717, 1.165) is 0 Å². The second kappa shape index (κ2) is 10.5. The SMILES string of the molecule is CCOCCOc1ccccc1C(=O)NC(=S)Nc1ccc([N+](=O)[O-])cc1Cl. The van der Waals surface area contributed by atoms with Crippen molar-refractivity contribution in [2.45, 2.75) is 6.92 Å². The van der Waals surface area contributed by atoms with Crippen LogP contribution < -0.4 is 15.4 Å². The molecule has 0 spiro atoms. The summed E-state index contributed by atoms with van der Waals surface area (Å²) in [5.74, 6) is -0.0709. The lowest BCUT2D eigenvalue weighted by Crippen LogP contribution is -2.34. The van der Waals surface area contributed by atoms with Crippen molar-refractivity contribution >= 4 is 46.2 Å². The Morgan fingerprint density at radius 3 is 2.68 bits per heavy atom. The Morgan fingerprint density at radius 1 is 1.25 bits per heavy atom. The molecular formula is C18H18ClN3O5S. The van der Waals surface area contributed by atoms with Crippen LogP contribution in [0, 0.1) is 10.1 Å². The van der Waals surface area contributed by atoms with Gasteiger partial charge in [-0.15, -0.1) is 0 Å². The number of nitrogens with zero attached hydrogens (tertiary/aromatic N) is 1. The highest BCUT2D eigenvalue weighted by Crippen LogP contribution is 2.26. The molecule has 0 radical (unpaired) electrons. The number of anilines is 1. The fourth-order valence-electron chi connectivity index (χ4n) is 2.18. The fourth-order valence-corrected chi connectivity index (χ4v) is 2.60. The van der Waals surface area contributed by atoms with Gasteiger partial charge >= 0.3 is 0 Å². The number of rotatable bonds is 8. The Morgan fingerprint density at radius 2 is 2.00 bits per heavy atom.